The molecule has 2 N–H and O–H groups in total. The average molecular weight is 547 g/mol. The predicted molar refractivity (Wildman–Crippen MR) is 152 cm³/mol. The number of carbonyl (C=O) groups is 1. The Hall–Kier alpha value is -3.76. The Bertz CT molecular complexity index is 1390. The number of hydrogen-bond acceptors (Lipinski definition) is 7. The van der Waals surface area contributed by atoms with Crippen LogP contribution in [0.15, 0.2) is 66.5 Å². The number of nitrogens with zero attached hydrogens (tertiary/aromatic N) is 4. The predicted octanol–water partition coefficient (Wildman–Crippen LogP) is 5.81. The quantitative estimate of drug-likeness (QED) is 0.310. The number of rotatable bonds is 10. The molecule has 0 radical (unpaired) electrons. The first-order valence-electron chi connectivity index (χ1n) is 13.0. The highest BCUT2D eigenvalue weighted by Crippen LogP contribution is 2.38. The van der Waals surface area contributed by atoms with Gasteiger partial charge in [0, 0.05) is 53.1 Å². The molecular formula is C29H31FN6O2S. The topological polar surface area (TPSA) is 96.0 Å². The monoisotopic (exact) mass is 546 g/mol. The van der Waals surface area contributed by atoms with E-state index < -0.39 is 5.82 Å². The number of halogens is 1. The normalized spacial score (nSPS) is 16.4. The van der Waals surface area contributed by atoms with Crippen molar-refractivity contribution >= 4 is 33.8 Å². The zero-order valence-electron chi connectivity index (χ0n) is 21.8. The van der Waals surface area contributed by atoms with Crippen molar-refractivity contribution in [2.75, 3.05) is 18.4 Å². The summed E-state index contributed by atoms with van der Waals surface area (Å²) in [5, 5.41) is 19.3. The maximum absolute atomic E-state index is 15.9. The fraction of sp³-hybridized carbons (Fsp3) is 0.310. The number of carbonyl (C=O) groups excluding carboxylic acids is 1. The lowest BCUT2D eigenvalue weighted by Gasteiger charge is -2.29. The Morgan fingerprint density at radius 1 is 1.28 bits per heavy atom. The van der Waals surface area contributed by atoms with Crippen molar-refractivity contribution in [3.05, 3.63) is 89.1 Å². The minimum absolute atomic E-state index is 0.0453. The summed E-state index contributed by atoms with van der Waals surface area (Å²) in [5.74, 6) is -0.505. The number of ether oxygens (including phenoxy) is 1. The molecule has 0 saturated heterocycles. The molecule has 8 nitrogen and oxygen atoms in total. The van der Waals surface area contributed by atoms with E-state index in [1.807, 2.05) is 18.2 Å². The second-order valence-corrected chi connectivity index (χ2v) is 10.7. The summed E-state index contributed by atoms with van der Waals surface area (Å²) in [6.07, 6.45) is 10.6. The van der Waals surface area contributed by atoms with Gasteiger partial charge in [0.25, 0.3) is 5.91 Å². The van der Waals surface area contributed by atoms with Gasteiger partial charge < -0.3 is 10.1 Å². The number of hydrogen-bond donors (Lipinski definition) is 2. The first kappa shape index (κ1) is 26.8. The summed E-state index contributed by atoms with van der Waals surface area (Å²) in [6.45, 7) is 7.92. The molecule has 2 aliphatic rings. The van der Waals surface area contributed by atoms with Crippen molar-refractivity contribution < 1.29 is 13.9 Å². The fourth-order valence-corrected chi connectivity index (χ4v) is 5.07. The third-order valence-corrected chi connectivity index (χ3v) is 7.90. The van der Waals surface area contributed by atoms with E-state index in [0.29, 0.717) is 29.8 Å². The number of anilines is 1. The van der Waals surface area contributed by atoms with Gasteiger partial charge in [-0.1, -0.05) is 24.4 Å². The highest BCUT2D eigenvalue weighted by atomic mass is 32.2. The molecule has 0 bridgehead atoms. The van der Waals surface area contributed by atoms with Gasteiger partial charge >= 0.3 is 0 Å². The molecule has 2 aromatic heterocycles. The molecule has 1 aliphatic heterocycles. The SMILES string of the molecule is C=C(S/C=C(\C)C(=O)Nc1ccc(OC2CCC2)c(F)c1C1=CCN(Cc2ccn[nH]2)CC1)c1ccnnc1. The van der Waals surface area contributed by atoms with Crippen molar-refractivity contribution in [3.63, 3.8) is 0 Å². The third-order valence-electron chi connectivity index (χ3n) is 6.91. The van der Waals surface area contributed by atoms with Crippen molar-refractivity contribution in [2.24, 2.45) is 0 Å². The van der Waals surface area contributed by atoms with E-state index in [-0.39, 0.29) is 17.8 Å². The molecule has 1 aliphatic carbocycles. The summed E-state index contributed by atoms with van der Waals surface area (Å²) in [6, 6.07) is 7.12. The molecule has 0 atom stereocenters. The zero-order chi connectivity index (χ0) is 27.2. The smallest absolute Gasteiger partial charge is 0.251 e. The molecule has 202 valence electrons. The fourth-order valence-electron chi connectivity index (χ4n) is 4.39. The maximum atomic E-state index is 15.9. The van der Waals surface area contributed by atoms with E-state index in [2.05, 4.69) is 37.2 Å². The Kier molecular flexibility index (Phi) is 8.53. The van der Waals surface area contributed by atoms with Gasteiger partial charge in [-0.05, 0) is 67.9 Å². The van der Waals surface area contributed by atoms with E-state index in [9.17, 15) is 4.79 Å². The molecule has 0 spiro atoms. The lowest BCUT2D eigenvalue weighted by Crippen LogP contribution is -2.29. The van der Waals surface area contributed by atoms with Crippen LogP contribution in [0.1, 0.15) is 49.4 Å². The number of aromatic nitrogens is 4. The van der Waals surface area contributed by atoms with Crippen molar-refractivity contribution in [2.45, 2.75) is 45.3 Å². The molecule has 1 fully saturated rings. The van der Waals surface area contributed by atoms with Crippen LogP contribution in [0.3, 0.4) is 0 Å². The second kappa shape index (κ2) is 12.4. The van der Waals surface area contributed by atoms with Gasteiger partial charge in [0.05, 0.1) is 24.2 Å². The van der Waals surface area contributed by atoms with Crippen LogP contribution >= 0.6 is 11.8 Å². The van der Waals surface area contributed by atoms with Gasteiger partial charge in [-0.2, -0.15) is 15.3 Å². The minimum Gasteiger partial charge on any atom is -0.487 e. The van der Waals surface area contributed by atoms with Crippen LogP contribution in [-0.2, 0) is 11.3 Å². The van der Waals surface area contributed by atoms with Gasteiger partial charge in [0.2, 0.25) is 0 Å². The van der Waals surface area contributed by atoms with E-state index >= 15 is 4.39 Å². The number of benzene rings is 1. The lowest BCUT2D eigenvalue weighted by atomic mass is 9.95. The van der Waals surface area contributed by atoms with E-state index in [0.717, 1.165) is 54.1 Å². The van der Waals surface area contributed by atoms with Crippen LogP contribution in [0.5, 0.6) is 5.75 Å². The Morgan fingerprint density at radius 3 is 2.82 bits per heavy atom. The van der Waals surface area contributed by atoms with E-state index in [4.69, 9.17) is 4.74 Å². The van der Waals surface area contributed by atoms with Crippen molar-refractivity contribution in [1.29, 1.82) is 0 Å². The average Bonchev–Trinajstić information content (AvgIpc) is 3.44. The Balaban J connectivity index is 1.34. The van der Waals surface area contributed by atoms with Gasteiger partial charge in [-0.3, -0.25) is 14.8 Å². The van der Waals surface area contributed by atoms with Crippen LogP contribution in [0.4, 0.5) is 10.1 Å². The summed E-state index contributed by atoms with van der Waals surface area (Å²) < 4.78 is 21.9. The van der Waals surface area contributed by atoms with Crippen molar-refractivity contribution in [1.82, 2.24) is 25.3 Å². The Labute approximate surface area is 231 Å². The number of thioether (sulfide) groups is 1. The number of H-pyrrole nitrogens is 1. The molecular weight excluding hydrogens is 515 g/mol. The van der Waals surface area contributed by atoms with Gasteiger partial charge in [0.15, 0.2) is 11.6 Å². The highest BCUT2D eigenvalue weighted by Gasteiger charge is 2.26. The molecule has 0 unspecified atom stereocenters. The van der Waals surface area contributed by atoms with Gasteiger partial charge in [0.1, 0.15) is 0 Å². The van der Waals surface area contributed by atoms with Crippen LogP contribution in [-0.4, -0.2) is 50.4 Å². The molecule has 1 saturated carbocycles. The van der Waals surface area contributed by atoms with E-state index in [1.54, 1.807) is 43.1 Å². The molecule has 3 aromatic rings. The van der Waals surface area contributed by atoms with Crippen LogP contribution in [0.25, 0.3) is 10.5 Å². The number of amides is 1. The molecule has 1 amide bonds. The first-order valence-corrected chi connectivity index (χ1v) is 13.9. The molecule has 1 aromatic carbocycles. The highest BCUT2D eigenvalue weighted by molar-refractivity contribution is 8.10. The van der Waals surface area contributed by atoms with Gasteiger partial charge in [-0.15, -0.1) is 0 Å². The summed E-state index contributed by atoms with van der Waals surface area (Å²) in [7, 11) is 0. The van der Waals surface area contributed by atoms with Crippen LogP contribution in [0, 0.1) is 5.82 Å². The molecule has 5 rings (SSSR count). The minimum atomic E-state index is -0.428. The zero-order valence-corrected chi connectivity index (χ0v) is 22.6. The van der Waals surface area contributed by atoms with Crippen LogP contribution < -0.4 is 10.1 Å². The lowest BCUT2D eigenvalue weighted by molar-refractivity contribution is -0.112. The van der Waals surface area contributed by atoms with Crippen molar-refractivity contribution in [3.8, 4) is 5.75 Å². The molecule has 10 heteroatoms. The molecule has 3 heterocycles. The van der Waals surface area contributed by atoms with Gasteiger partial charge in [-0.25, -0.2) is 4.39 Å². The van der Waals surface area contributed by atoms with Crippen LogP contribution in [0.2, 0.25) is 0 Å². The second-order valence-electron chi connectivity index (χ2n) is 9.69. The summed E-state index contributed by atoms with van der Waals surface area (Å²) >= 11 is 1.33. The standard InChI is InChI=1S/C29H31FN6O2S/c1-19(18-39-20(2)22-8-12-31-33-16-22)29(37)34-25-6-7-26(38-24-4-3-5-24)28(30)27(25)21-10-14-36(15-11-21)17-23-9-13-32-35-23/h6-10,12-13,16,18,24H,2-5,11,14-15,17H2,1H3,(H,32,35)(H,34,37)/b19-18+. The molecule has 39 heavy (non-hydrogen) atoms. The number of nitrogens with one attached hydrogen (secondary N) is 2. The summed E-state index contributed by atoms with van der Waals surface area (Å²) in [5.41, 5.74) is 4.03. The Morgan fingerprint density at radius 2 is 2.15 bits per heavy atom. The largest absolute Gasteiger partial charge is 0.487 e. The maximum Gasteiger partial charge on any atom is 0.251 e. The van der Waals surface area contributed by atoms with E-state index in [1.165, 1.54) is 11.8 Å². The summed E-state index contributed by atoms with van der Waals surface area (Å²) in [4.78, 5) is 16.1. The first-order chi connectivity index (χ1) is 19.0. The number of aromatic amines is 1. The third kappa shape index (κ3) is 6.63.